The van der Waals surface area contributed by atoms with Crippen molar-refractivity contribution in [3.63, 3.8) is 0 Å². The Balaban J connectivity index is 0.00000274. The van der Waals surface area contributed by atoms with E-state index in [0.29, 0.717) is 32.2 Å². The molecule has 34 heavy (non-hydrogen) atoms. The summed E-state index contributed by atoms with van der Waals surface area (Å²) in [6.07, 6.45) is 6.29. The van der Waals surface area contributed by atoms with Crippen LogP contribution in [0.3, 0.4) is 0 Å². The Morgan fingerprint density at radius 1 is 1.09 bits per heavy atom. The number of ether oxygens (including phenoxy) is 2. The molecule has 0 unspecified atom stereocenters. The van der Waals surface area contributed by atoms with E-state index in [1.165, 1.54) is 6.33 Å². The molecule has 0 radical (unpaired) electrons. The van der Waals surface area contributed by atoms with Gasteiger partial charge in [-0.15, -0.1) is 0 Å². The van der Waals surface area contributed by atoms with Gasteiger partial charge >= 0.3 is 0 Å². The molecule has 0 aromatic carbocycles. The normalized spacial score (nSPS) is 14.3. The van der Waals surface area contributed by atoms with Crippen molar-refractivity contribution in [1.82, 2.24) is 29.7 Å². The second-order valence-electron chi connectivity index (χ2n) is 8.11. The molecular weight excluding hydrogens is 454 g/mol. The highest BCUT2D eigenvalue weighted by atomic mass is 32.1. The molecule has 0 bridgehead atoms. The van der Waals surface area contributed by atoms with Gasteiger partial charge in [0, 0.05) is 47.4 Å². The lowest BCUT2D eigenvalue weighted by molar-refractivity contribution is 0.162. The molecule has 1 aliphatic rings. The first-order valence-electron chi connectivity index (χ1n) is 10.9. The Kier molecular flexibility index (Phi) is 7.13. The topological polar surface area (TPSA) is 120 Å². The van der Waals surface area contributed by atoms with Crippen LogP contribution in [-0.2, 0) is 6.54 Å². The molecule has 4 aromatic heterocycles. The van der Waals surface area contributed by atoms with Crippen LogP contribution in [-0.4, -0.2) is 60.7 Å². The molecule has 178 valence electrons. The van der Waals surface area contributed by atoms with Gasteiger partial charge < -0.3 is 19.9 Å². The molecule has 2 atom stereocenters. The second kappa shape index (κ2) is 10.2. The SMILES string of the molecule is C[C@H](O)Cn1ncc2cc(-c3cc(NC[C@@H](C)c4ccnc5c4OCCO5)ncn3)cnc21.S. The quantitative estimate of drug-likeness (QED) is 0.410. The second-order valence-corrected chi connectivity index (χ2v) is 8.11. The lowest BCUT2D eigenvalue weighted by Gasteiger charge is -2.22. The zero-order valence-electron chi connectivity index (χ0n) is 19.0. The van der Waals surface area contributed by atoms with Crippen molar-refractivity contribution in [2.45, 2.75) is 32.4 Å². The summed E-state index contributed by atoms with van der Waals surface area (Å²) in [6.45, 7) is 5.93. The maximum Gasteiger partial charge on any atom is 0.257 e. The van der Waals surface area contributed by atoms with Crippen molar-refractivity contribution >= 4 is 30.3 Å². The fraction of sp³-hybridized carbons (Fsp3) is 0.348. The highest BCUT2D eigenvalue weighted by Gasteiger charge is 2.21. The van der Waals surface area contributed by atoms with E-state index in [1.807, 2.05) is 18.2 Å². The van der Waals surface area contributed by atoms with Crippen LogP contribution in [0, 0.1) is 0 Å². The highest BCUT2D eigenvalue weighted by Crippen LogP contribution is 2.35. The van der Waals surface area contributed by atoms with E-state index in [0.717, 1.165) is 39.4 Å². The molecule has 2 N–H and O–H groups in total. The van der Waals surface area contributed by atoms with Crippen molar-refractivity contribution in [1.29, 1.82) is 0 Å². The van der Waals surface area contributed by atoms with Crippen LogP contribution in [0.5, 0.6) is 11.6 Å². The van der Waals surface area contributed by atoms with Crippen LogP contribution in [0.2, 0.25) is 0 Å². The molecule has 11 heteroatoms. The molecule has 5 heterocycles. The molecule has 0 amide bonds. The van der Waals surface area contributed by atoms with Crippen molar-refractivity contribution in [2.75, 3.05) is 25.1 Å². The van der Waals surface area contributed by atoms with Gasteiger partial charge in [-0.1, -0.05) is 6.92 Å². The van der Waals surface area contributed by atoms with E-state index >= 15 is 0 Å². The smallest absolute Gasteiger partial charge is 0.257 e. The van der Waals surface area contributed by atoms with E-state index in [9.17, 15) is 5.11 Å². The predicted molar refractivity (Wildman–Crippen MR) is 133 cm³/mol. The number of hydrogen-bond donors (Lipinski definition) is 2. The summed E-state index contributed by atoms with van der Waals surface area (Å²) in [7, 11) is 0. The van der Waals surface area contributed by atoms with Gasteiger partial charge in [0.05, 0.1) is 24.5 Å². The molecule has 10 nitrogen and oxygen atoms in total. The number of nitrogens with zero attached hydrogens (tertiary/aromatic N) is 6. The summed E-state index contributed by atoms with van der Waals surface area (Å²) in [6, 6.07) is 5.85. The molecular formula is C23H27N7O3S. The minimum Gasteiger partial charge on any atom is -0.484 e. The molecule has 0 saturated heterocycles. The molecule has 0 spiro atoms. The Bertz CT molecular complexity index is 1280. The number of pyridine rings is 2. The van der Waals surface area contributed by atoms with Gasteiger partial charge in [0.1, 0.15) is 25.4 Å². The third-order valence-electron chi connectivity index (χ3n) is 5.47. The number of fused-ring (bicyclic) bond motifs is 2. The van der Waals surface area contributed by atoms with E-state index in [-0.39, 0.29) is 19.4 Å². The zero-order valence-corrected chi connectivity index (χ0v) is 20.0. The third-order valence-corrected chi connectivity index (χ3v) is 5.47. The molecule has 4 aromatic rings. The summed E-state index contributed by atoms with van der Waals surface area (Å²) in [4.78, 5) is 17.6. The highest BCUT2D eigenvalue weighted by molar-refractivity contribution is 7.59. The van der Waals surface area contributed by atoms with E-state index in [2.05, 4.69) is 37.3 Å². The maximum absolute atomic E-state index is 9.64. The van der Waals surface area contributed by atoms with Crippen molar-refractivity contribution in [3.8, 4) is 22.9 Å². The van der Waals surface area contributed by atoms with E-state index in [4.69, 9.17) is 9.47 Å². The average Bonchev–Trinajstić information content (AvgIpc) is 3.23. The summed E-state index contributed by atoms with van der Waals surface area (Å²) < 4.78 is 13.1. The number of aliphatic hydroxyl groups excluding tert-OH is 1. The molecule has 0 saturated carbocycles. The summed E-state index contributed by atoms with van der Waals surface area (Å²) in [5, 5.41) is 18.2. The van der Waals surface area contributed by atoms with Gasteiger partial charge in [0.15, 0.2) is 11.4 Å². The van der Waals surface area contributed by atoms with E-state index < -0.39 is 6.10 Å². The van der Waals surface area contributed by atoms with Crippen molar-refractivity contribution < 1.29 is 14.6 Å². The minimum absolute atomic E-state index is 0. The zero-order chi connectivity index (χ0) is 22.8. The fourth-order valence-corrected chi connectivity index (χ4v) is 3.84. The standard InChI is InChI=1S/C23H25N7O3.H2S/c1-14(18-3-4-24-23-21(18)32-5-6-33-23)9-25-20-8-19(27-13-28-20)16-7-17-11-29-30(12-15(2)31)22(17)26-10-16;/h3-4,7-8,10-11,13-15,31H,5-6,9,12H2,1-2H3,(H,25,27,28);1H2/t14-,15+;/m1./s1. The van der Waals surface area contributed by atoms with Crippen molar-refractivity contribution in [3.05, 3.63) is 48.7 Å². The van der Waals surface area contributed by atoms with Crippen LogP contribution >= 0.6 is 13.5 Å². The van der Waals surface area contributed by atoms with Gasteiger partial charge in [-0.2, -0.15) is 18.6 Å². The first-order chi connectivity index (χ1) is 16.1. The van der Waals surface area contributed by atoms with Crippen LogP contribution in [0.15, 0.2) is 43.1 Å². The summed E-state index contributed by atoms with van der Waals surface area (Å²) in [5.74, 6) is 2.14. The number of aliphatic hydroxyl groups is 1. The number of nitrogens with one attached hydrogen (secondary N) is 1. The first-order valence-corrected chi connectivity index (χ1v) is 10.9. The number of hydrogen-bond acceptors (Lipinski definition) is 9. The van der Waals surface area contributed by atoms with E-state index in [1.54, 1.807) is 30.2 Å². The summed E-state index contributed by atoms with van der Waals surface area (Å²) >= 11 is 0. The lowest BCUT2D eigenvalue weighted by Crippen LogP contribution is -2.19. The van der Waals surface area contributed by atoms with Gasteiger partial charge in [0.25, 0.3) is 5.88 Å². The lowest BCUT2D eigenvalue weighted by atomic mass is 10.0. The Morgan fingerprint density at radius 3 is 2.79 bits per heavy atom. The van der Waals surface area contributed by atoms with Gasteiger partial charge in [-0.25, -0.2) is 24.6 Å². The average molecular weight is 482 g/mol. The first kappa shape index (κ1) is 23.7. The van der Waals surface area contributed by atoms with Crippen LogP contribution in [0.1, 0.15) is 25.3 Å². The molecule has 1 aliphatic heterocycles. The molecule has 0 aliphatic carbocycles. The number of aromatic nitrogens is 6. The van der Waals surface area contributed by atoms with Gasteiger partial charge in [-0.3, -0.25) is 0 Å². The van der Waals surface area contributed by atoms with Crippen molar-refractivity contribution in [2.24, 2.45) is 0 Å². The predicted octanol–water partition coefficient (Wildman–Crippen LogP) is 2.76. The Labute approximate surface area is 203 Å². The monoisotopic (exact) mass is 481 g/mol. The Hall–Kier alpha value is -3.44. The number of rotatable bonds is 7. The van der Waals surface area contributed by atoms with Gasteiger partial charge in [-0.05, 0) is 19.1 Å². The molecule has 5 rings (SSSR count). The maximum atomic E-state index is 9.64. The van der Waals surface area contributed by atoms with Crippen LogP contribution in [0.25, 0.3) is 22.3 Å². The third kappa shape index (κ3) is 4.90. The van der Waals surface area contributed by atoms with Gasteiger partial charge in [0.2, 0.25) is 0 Å². The largest absolute Gasteiger partial charge is 0.484 e. The van der Waals surface area contributed by atoms with Crippen LogP contribution < -0.4 is 14.8 Å². The summed E-state index contributed by atoms with van der Waals surface area (Å²) in [5.41, 5.74) is 3.40. The minimum atomic E-state index is -0.496. The molecule has 0 fully saturated rings. The number of anilines is 1. The van der Waals surface area contributed by atoms with Crippen LogP contribution in [0.4, 0.5) is 5.82 Å². The fourth-order valence-electron chi connectivity index (χ4n) is 3.84. The Morgan fingerprint density at radius 2 is 1.94 bits per heavy atom.